The average molecular weight is 173 g/mol. The van der Waals surface area contributed by atoms with E-state index in [0.29, 0.717) is 6.04 Å². The molecule has 0 saturated heterocycles. The van der Waals surface area contributed by atoms with Gasteiger partial charge in [0.1, 0.15) is 0 Å². The Kier molecular flexibility index (Phi) is 5.45. The van der Waals surface area contributed by atoms with Gasteiger partial charge in [-0.3, -0.25) is 0 Å². The van der Waals surface area contributed by atoms with Crippen molar-refractivity contribution in [1.29, 1.82) is 0 Å². The SMILES string of the molecule is CCCC(C)NC(C)C(N)=NO. The summed E-state index contributed by atoms with van der Waals surface area (Å²) in [5, 5.41) is 14.5. The van der Waals surface area contributed by atoms with E-state index < -0.39 is 0 Å². The van der Waals surface area contributed by atoms with E-state index in [1.165, 1.54) is 0 Å². The maximum absolute atomic E-state index is 8.37. The lowest BCUT2D eigenvalue weighted by Gasteiger charge is -2.17. The number of nitrogens with zero attached hydrogens (tertiary/aromatic N) is 1. The molecule has 0 bridgehead atoms. The van der Waals surface area contributed by atoms with E-state index in [9.17, 15) is 0 Å². The van der Waals surface area contributed by atoms with Gasteiger partial charge in [0.05, 0.1) is 6.04 Å². The first-order chi connectivity index (χ1) is 5.61. The van der Waals surface area contributed by atoms with Crippen molar-refractivity contribution in [2.75, 3.05) is 0 Å². The van der Waals surface area contributed by atoms with Crippen molar-refractivity contribution in [1.82, 2.24) is 5.32 Å². The lowest BCUT2D eigenvalue weighted by molar-refractivity contribution is 0.314. The summed E-state index contributed by atoms with van der Waals surface area (Å²) >= 11 is 0. The fourth-order valence-electron chi connectivity index (χ4n) is 1.12. The number of oxime groups is 1. The molecule has 0 aromatic rings. The Hall–Kier alpha value is -0.770. The largest absolute Gasteiger partial charge is 0.409 e. The van der Waals surface area contributed by atoms with Gasteiger partial charge in [0.25, 0.3) is 0 Å². The highest BCUT2D eigenvalue weighted by molar-refractivity contribution is 5.84. The summed E-state index contributed by atoms with van der Waals surface area (Å²) in [5.41, 5.74) is 5.40. The molecule has 0 aromatic heterocycles. The molecule has 2 unspecified atom stereocenters. The highest BCUT2D eigenvalue weighted by Crippen LogP contribution is 1.96. The number of hydrogen-bond acceptors (Lipinski definition) is 3. The van der Waals surface area contributed by atoms with Crippen molar-refractivity contribution in [3.8, 4) is 0 Å². The smallest absolute Gasteiger partial charge is 0.156 e. The third-order valence-electron chi connectivity index (χ3n) is 1.82. The normalized spacial score (nSPS) is 17.4. The number of hydrogen-bond donors (Lipinski definition) is 3. The Morgan fingerprint density at radius 1 is 1.58 bits per heavy atom. The second kappa shape index (κ2) is 5.83. The van der Waals surface area contributed by atoms with Gasteiger partial charge < -0.3 is 16.3 Å². The molecule has 2 atom stereocenters. The van der Waals surface area contributed by atoms with Gasteiger partial charge in [-0.25, -0.2) is 0 Å². The van der Waals surface area contributed by atoms with E-state index in [1.807, 2.05) is 6.92 Å². The molecule has 12 heavy (non-hydrogen) atoms. The predicted octanol–water partition coefficient (Wildman–Crippen LogP) is 0.900. The van der Waals surface area contributed by atoms with Gasteiger partial charge in [0.15, 0.2) is 5.84 Å². The summed E-state index contributed by atoms with van der Waals surface area (Å²) in [7, 11) is 0. The second-order valence-electron chi connectivity index (χ2n) is 3.10. The fraction of sp³-hybridized carbons (Fsp3) is 0.875. The molecule has 0 saturated carbocycles. The summed E-state index contributed by atoms with van der Waals surface area (Å²) < 4.78 is 0. The Balaban J connectivity index is 3.75. The summed E-state index contributed by atoms with van der Waals surface area (Å²) in [6.07, 6.45) is 2.24. The van der Waals surface area contributed by atoms with Crippen LogP contribution in [0.3, 0.4) is 0 Å². The van der Waals surface area contributed by atoms with Crippen LogP contribution in [0.4, 0.5) is 0 Å². The molecule has 4 N–H and O–H groups in total. The average Bonchev–Trinajstić information content (AvgIpc) is 2.03. The van der Waals surface area contributed by atoms with Crippen LogP contribution in [0.25, 0.3) is 0 Å². The van der Waals surface area contributed by atoms with E-state index >= 15 is 0 Å². The number of amidine groups is 1. The van der Waals surface area contributed by atoms with Crippen molar-refractivity contribution in [2.45, 2.75) is 45.7 Å². The minimum atomic E-state index is -0.0588. The predicted molar refractivity (Wildman–Crippen MR) is 50.4 cm³/mol. The highest BCUT2D eigenvalue weighted by atomic mass is 16.4. The van der Waals surface area contributed by atoms with Gasteiger partial charge >= 0.3 is 0 Å². The van der Waals surface area contributed by atoms with E-state index in [0.717, 1.165) is 12.8 Å². The van der Waals surface area contributed by atoms with Crippen molar-refractivity contribution in [3.05, 3.63) is 0 Å². The lowest BCUT2D eigenvalue weighted by atomic mass is 10.1. The zero-order valence-electron chi connectivity index (χ0n) is 8.04. The quantitative estimate of drug-likeness (QED) is 0.250. The third-order valence-corrected chi connectivity index (χ3v) is 1.82. The first-order valence-electron chi connectivity index (χ1n) is 4.35. The Bertz CT molecular complexity index is 147. The maximum atomic E-state index is 8.37. The van der Waals surface area contributed by atoms with E-state index in [4.69, 9.17) is 10.9 Å². The van der Waals surface area contributed by atoms with Crippen LogP contribution in [-0.2, 0) is 0 Å². The Morgan fingerprint density at radius 2 is 2.17 bits per heavy atom. The molecule has 0 aliphatic carbocycles. The zero-order chi connectivity index (χ0) is 9.56. The van der Waals surface area contributed by atoms with Gasteiger partial charge in [0.2, 0.25) is 0 Å². The van der Waals surface area contributed by atoms with E-state index in [-0.39, 0.29) is 11.9 Å². The molecule has 0 heterocycles. The van der Waals surface area contributed by atoms with E-state index in [2.05, 4.69) is 24.3 Å². The summed E-state index contributed by atoms with van der Waals surface area (Å²) in [6, 6.07) is 0.349. The molecule has 0 rings (SSSR count). The van der Waals surface area contributed by atoms with Crippen LogP contribution in [0.1, 0.15) is 33.6 Å². The number of rotatable bonds is 5. The van der Waals surface area contributed by atoms with E-state index in [1.54, 1.807) is 0 Å². The van der Waals surface area contributed by atoms with Gasteiger partial charge in [-0.15, -0.1) is 0 Å². The van der Waals surface area contributed by atoms with Crippen LogP contribution in [0.2, 0.25) is 0 Å². The van der Waals surface area contributed by atoms with Gasteiger partial charge in [-0.2, -0.15) is 0 Å². The standard InChI is InChI=1S/C8H19N3O/c1-4-5-6(2)10-7(3)8(9)11-12/h6-7,10,12H,4-5H2,1-3H3,(H2,9,11). The van der Waals surface area contributed by atoms with Gasteiger partial charge in [0, 0.05) is 6.04 Å². The second-order valence-corrected chi connectivity index (χ2v) is 3.10. The lowest BCUT2D eigenvalue weighted by Crippen LogP contribution is -2.43. The minimum Gasteiger partial charge on any atom is -0.409 e. The molecule has 0 aromatic carbocycles. The molecule has 4 nitrogen and oxygen atoms in total. The summed E-state index contributed by atoms with van der Waals surface area (Å²) in [6.45, 7) is 6.10. The summed E-state index contributed by atoms with van der Waals surface area (Å²) in [4.78, 5) is 0. The van der Waals surface area contributed by atoms with Crippen LogP contribution in [0, 0.1) is 0 Å². The Labute approximate surface area is 73.8 Å². The Morgan fingerprint density at radius 3 is 2.58 bits per heavy atom. The minimum absolute atomic E-state index is 0.0588. The molecule has 0 spiro atoms. The first kappa shape index (κ1) is 11.2. The third kappa shape index (κ3) is 4.18. The highest BCUT2D eigenvalue weighted by Gasteiger charge is 2.09. The fourth-order valence-corrected chi connectivity index (χ4v) is 1.12. The molecule has 0 aliphatic rings. The van der Waals surface area contributed by atoms with Crippen LogP contribution >= 0.6 is 0 Å². The molecule has 0 fully saturated rings. The van der Waals surface area contributed by atoms with Crippen LogP contribution in [0.5, 0.6) is 0 Å². The molecular formula is C8H19N3O. The summed E-state index contributed by atoms with van der Waals surface area (Å²) in [5.74, 6) is 0.234. The van der Waals surface area contributed by atoms with Crippen molar-refractivity contribution < 1.29 is 5.21 Å². The zero-order valence-corrected chi connectivity index (χ0v) is 8.04. The van der Waals surface area contributed by atoms with Crippen molar-refractivity contribution >= 4 is 5.84 Å². The van der Waals surface area contributed by atoms with Crippen molar-refractivity contribution in [3.63, 3.8) is 0 Å². The van der Waals surface area contributed by atoms with Crippen LogP contribution < -0.4 is 11.1 Å². The molecule has 4 heteroatoms. The van der Waals surface area contributed by atoms with Gasteiger partial charge in [-0.05, 0) is 20.3 Å². The van der Waals surface area contributed by atoms with Crippen molar-refractivity contribution in [2.24, 2.45) is 10.9 Å². The molecule has 0 amide bonds. The maximum Gasteiger partial charge on any atom is 0.156 e. The number of nitrogens with one attached hydrogen (secondary N) is 1. The molecule has 0 aliphatic heterocycles. The van der Waals surface area contributed by atoms with Crippen LogP contribution in [-0.4, -0.2) is 23.1 Å². The first-order valence-corrected chi connectivity index (χ1v) is 4.35. The molecule has 0 radical (unpaired) electrons. The topological polar surface area (TPSA) is 70.6 Å². The molecule has 72 valence electrons. The monoisotopic (exact) mass is 173 g/mol. The molecular weight excluding hydrogens is 154 g/mol. The van der Waals surface area contributed by atoms with Gasteiger partial charge in [-0.1, -0.05) is 18.5 Å². The van der Waals surface area contributed by atoms with Crippen LogP contribution in [0.15, 0.2) is 5.16 Å². The number of nitrogens with two attached hydrogens (primary N) is 1.